The minimum absolute atomic E-state index is 0.263. The number of ether oxygens (including phenoxy) is 1. The van der Waals surface area contributed by atoms with Crippen LogP contribution in [0, 0.1) is 0 Å². The number of carbonyl (C=O) groups excluding carboxylic acids is 3. The number of carbonyl (C=O) groups is 3. The lowest BCUT2D eigenvalue weighted by molar-refractivity contribution is -0.120. The summed E-state index contributed by atoms with van der Waals surface area (Å²) in [7, 11) is 1.60. The Balaban J connectivity index is 1.20. The van der Waals surface area contributed by atoms with Crippen molar-refractivity contribution >= 4 is 46.0 Å². The summed E-state index contributed by atoms with van der Waals surface area (Å²) in [5.41, 5.74) is 5.47. The Bertz CT molecular complexity index is 1880. The van der Waals surface area contributed by atoms with Crippen LogP contribution in [-0.4, -0.2) is 40.9 Å². The maximum absolute atomic E-state index is 14.1. The monoisotopic (exact) mass is 590 g/mol. The Morgan fingerprint density at radius 3 is 2.51 bits per heavy atom. The third kappa shape index (κ3) is 4.60. The largest absolute Gasteiger partial charge is 0.497 e. The number of H-pyrrole nitrogens is 1. The predicted octanol–water partition coefficient (Wildman–Crippen LogP) is 6.24. The van der Waals surface area contributed by atoms with E-state index in [1.807, 2.05) is 60.7 Å². The first kappa shape index (κ1) is 26.8. The SMILES string of the molecule is COc1cccc(C2c3[nH]c4ccccc4c3CC3C(=O)N(c4ccc(C(=O)NCc5ccc(Cl)cc5)cc4)C(=O)N32)c1. The molecular weight excluding hydrogens is 564 g/mol. The molecule has 2 unspecified atom stereocenters. The summed E-state index contributed by atoms with van der Waals surface area (Å²) in [5.74, 6) is 0.104. The van der Waals surface area contributed by atoms with Crippen molar-refractivity contribution in [3.63, 3.8) is 0 Å². The van der Waals surface area contributed by atoms with Crippen LogP contribution in [0.4, 0.5) is 10.5 Å². The van der Waals surface area contributed by atoms with Crippen molar-refractivity contribution in [2.75, 3.05) is 12.0 Å². The normalized spacial score (nSPS) is 17.6. The van der Waals surface area contributed by atoms with Gasteiger partial charge in [0.2, 0.25) is 0 Å². The molecule has 8 nitrogen and oxygen atoms in total. The van der Waals surface area contributed by atoms with Crippen LogP contribution >= 0.6 is 11.6 Å². The Kier molecular flexibility index (Phi) is 6.63. The summed E-state index contributed by atoms with van der Waals surface area (Å²) in [6.45, 7) is 0.345. The number of amides is 4. The van der Waals surface area contributed by atoms with Gasteiger partial charge in [0.05, 0.1) is 12.8 Å². The highest BCUT2D eigenvalue weighted by atomic mass is 35.5. The maximum atomic E-state index is 14.1. The number of nitrogens with one attached hydrogen (secondary N) is 2. The Labute approximate surface area is 252 Å². The van der Waals surface area contributed by atoms with Gasteiger partial charge < -0.3 is 15.0 Å². The van der Waals surface area contributed by atoms with E-state index in [1.54, 1.807) is 48.4 Å². The Morgan fingerprint density at radius 1 is 0.977 bits per heavy atom. The van der Waals surface area contributed by atoms with Gasteiger partial charge in [-0.2, -0.15) is 0 Å². The van der Waals surface area contributed by atoms with E-state index >= 15 is 0 Å². The zero-order valence-corrected chi connectivity index (χ0v) is 24.0. The molecular formula is C34H27ClN4O4. The van der Waals surface area contributed by atoms with Crippen LogP contribution in [-0.2, 0) is 17.8 Å². The Morgan fingerprint density at radius 2 is 1.74 bits per heavy atom. The second-order valence-electron chi connectivity index (χ2n) is 10.7. The fraction of sp³-hybridized carbons (Fsp3) is 0.147. The summed E-state index contributed by atoms with van der Waals surface area (Å²) in [4.78, 5) is 47.3. The molecule has 0 aliphatic carbocycles. The van der Waals surface area contributed by atoms with Crippen molar-refractivity contribution in [3.8, 4) is 5.75 Å². The molecule has 1 fully saturated rings. The van der Waals surface area contributed by atoms with Crippen molar-refractivity contribution < 1.29 is 19.1 Å². The smallest absolute Gasteiger partial charge is 0.332 e. The highest BCUT2D eigenvalue weighted by Crippen LogP contribution is 2.45. The van der Waals surface area contributed by atoms with E-state index in [2.05, 4.69) is 10.3 Å². The van der Waals surface area contributed by atoms with Gasteiger partial charge in [0.25, 0.3) is 11.8 Å². The van der Waals surface area contributed by atoms with Gasteiger partial charge in [0.15, 0.2) is 0 Å². The molecule has 1 aromatic heterocycles. The van der Waals surface area contributed by atoms with Crippen molar-refractivity contribution in [1.82, 2.24) is 15.2 Å². The van der Waals surface area contributed by atoms with E-state index in [1.165, 1.54) is 4.90 Å². The van der Waals surface area contributed by atoms with Crippen molar-refractivity contribution in [2.24, 2.45) is 0 Å². The number of para-hydroxylation sites is 1. The average molecular weight is 591 g/mol. The second-order valence-corrected chi connectivity index (χ2v) is 11.1. The molecule has 0 bridgehead atoms. The summed E-state index contributed by atoms with van der Waals surface area (Å²) in [5, 5.41) is 4.55. The van der Waals surface area contributed by atoms with E-state index in [4.69, 9.17) is 16.3 Å². The maximum Gasteiger partial charge on any atom is 0.332 e. The quantitative estimate of drug-likeness (QED) is 0.229. The number of aromatic nitrogens is 1. The zero-order chi connectivity index (χ0) is 29.7. The number of hydrogen-bond acceptors (Lipinski definition) is 4. The molecule has 2 aliphatic heterocycles. The molecule has 4 aromatic carbocycles. The number of halogens is 1. The highest BCUT2D eigenvalue weighted by Gasteiger charge is 2.53. The van der Waals surface area contributed by atoms with Crippen LogP contribution < -0.4 is 15.0 Å². The van der Waals surface area contributed by atoms with Crippen LogP contribution in [0.2, 0.25) is 5.02 Å². The first-order valence-corrected chi connectivity index (χ1v) is 14.3. The molecule has 3 heterocycles. The molecule has 7 rings (SSSR count). The molecule has 43 heavy (non-hydrogen) atoms. The molecule has 0 radical (unpaired) electrons. The number of imide groups is 1. The number of fused-ring (bicyclic) bond motifs is 4. The molecule has 4 amide bonds. The molecule has 0 saturated carbocycles. The molecule has 5 aromatic rings. The molecule has 0 spiro atoms. The van der Waals surface area contributed by atoms with Gasteiger partial charge in [-0.1, -0.05) is 54.1 Å². The standard InChI is InChI=1S/C34H27ClN4O4/c1-43-25-6-4-5-22(17-25)31-30-27(26-7-2-3-8-28(26)37-30)18-29-33(41)38(34(42)39(29)31)24-15-11-21(12-16-24)32(40)36-19-20-9-13-23(35)14-10-20/h2-17,29,31,37H,18-19H2,1H3,(H,36,40). The zero-order valence-electron chi connectivity index (χ0n) is 23.2. The van der Waals surface area contributed by atoms with Crippen LogP contribution in [0.15, 0.2) is 97.1 Å². The van der Waals surface area contributed by atoms with Crippen LogP contribution in [0.25, 0.3) is 10.9 Å². The van der Waals surface area contributed by atoms with E-state index in [0.717, 1.165) is 33.3 Å². The topological polar surface area (TPSA) is 94.7 Å². The number of benzene rings is 4. The number of urea groups is 1. The van der Waals surface area contributed by atoms with Gasteiger partial charge in [-0.25, -0.2) is 9.69 Å². The fourth-order valence-corrected chi connectivity index (χ4v) is 6.24. The van der Waals surface area contributed by atoms with Crippen molar-refractivity contribution in [1.29, 1.82) is 0 Å². The number of anilines is 1. The summed E-state index contributed by atoms with van der Waals surface area (Å²) in [6, 6.07) is 27.7. The van der Waals surface area contributed by atoms with Gasteiger partial charge in [0, 0.05) is 40.1 Å². The average Bonchev–Trinajstić information content (AvgIpc) is 3.53. The first-order valence-electron chi connectivity index (χ1n) is 14.0. The summed E-state index contributed by atoms with van der Waals surface area (Å²) in [6.07, 6.45) is 0.395. The first-order chi connectivity index (χ1) is 20.9. The summed E-state index contributed by atoms with van der Waals surface area (Å²) < 4.78 is 5.49. The van der Waals surface area contributed by atoms with Crippen molar-refractivity contribution in [2.45, 2.75) is 25.0 Å². The lowest BCUT2D eigenvalue weighted by Gasteiger charge is -2.36. The highest BCUT2D eigenvalue weighted by molar-refractivity contribution is 6.30. The van der Waals surface area contributed by atoms with Gasteiger partial charge in [-0.3, -0.25) is 14.5 Å². The van der Waals surface area contributed by atoms with Gasteiger partial charge >= 0.3 is 6.03 Å². The second kappa shape index (κ2) is 10.6. The van der Waals surface area contributed by atoms with E-state index in [9.17, 15) is 14.4 Å². The van der Waals surface area contributed by atoms with Gasteiger partial charge in [-0.05, 0) is 71.3 Å². The van der Waals surface area contributed by atoms with Crippen LogP contribution in [0.3, 0.4) is 0 Å². The number of nitrogens with zero attached hydrogens (tertiary/aromatic N) is 2. The molecule has 2 N–H and O–H groups in total. The predicted molar refractivity (Wildman–Crippen MR) is 164 cm³/mol. The number of rotatable bonds is 6. The molecule has 1 saturated heterocycles. The Hall–Kier alpha value is -5.08. The van der Waals surface area contributed by atoms with Gasteiger partial charge in [0.1, 0.15) is 17.8 Å². The lowest BCUT2D eigenvalue weighted by atomic mass is 9.89. The lowest BCUT2D eigenvalue weighted by Crippen LogP contribution is -2.44. The molecule has 9 heteroatoms. The van der Waals surface area contributed by atoms with Gasteiger partial charge in [-0.15, -0.1) is 0 Å². The van der Waals surface area contributed by atoms with E-state index < -0.39 is 18.1 Å². The number of methoxy groups -OCH3 is 1. The fourth-order valence-electron chi connectivity index (χ4n) is 6.12. The number of aromatic amines is 1. The summed E-state index contributed by atoms with van der Waals surface area (Å²) >= 11 is 5.94. The third-order valence-electron chi connectivity index (χ3n) is 8.21. The molecule has 2 atom stereocenters. The van der Waals surface area contributed by atoms with Crippen LogP contribution in [0.1, 0.15) is 38.8 Å². The van der Waals surface area contributed by atoms with E-state index in [-0.39, 0.29) is 11.8 Å². The minimum atomic E-state index is -0.683. The number of hydrogen-bond donors (Lipinski definition) is 2. The van der Waals surface area contributed by atoms with Crippen molar-refractivity contribution in [3.05, 3.63) is 130 Å². The minimum Gasteiger partial charge on any atom is -0.497 e. The van der Waals surface area contributed by atoms with E-state index in [0.29, 0.717) is 35.0 Å². The molecule has 2 aliphatic rings. The molecule has 214 valence electrons. The van der Waals surface area contributed by atoms with Crippen LogP contribution in [0.5, 0.6) is 5.75 Å². The third-order valence-corrected chi connectivity index (χ3v) is 8.46.